The van der Waals surface area contributed by atoms with E-state index in [1.807, 2.05) is 61.5 Å². The summed E-state index contributed by atoms with van der Waals surface area (Å²) < 4.78 is 0. The number of phenolic OH excluding ortho intramolecular Hbond substituents is 1. The molecule has 25 heavy (non-hydrogen) atoms. The Hall–Kier alpha value is -3.14. The van der Waals surface area contributed by atoms with Gasteiger partial charge < -0.3 is 10.0 Å². The maximum Gasteiger partial charge on any atom is 0.255 e. The van der Waals surface area contributed by atoms with E-state index in [9.17, 15) is 9.90 Å². The first-order valence-corrected chi connectivity index (χ1v) is 8.11. The lowest BCUT2D eigenvalue weighted by Gasteiger charge is -2.19. The van der Waals surface area contributed by atoms with Crippen LogP contribution >= 0.6 is 0 Å². The highest BCUT2D eigenvalue weighted by Crippen LogP contribution is 2.21. The third kappa shape index (κ3) is 3.69. The summed E-state index contributed by atoms with van der Waals surface area (Å²) in [5, 5.41) is 9.88. The van der Waals surface area contributed by atoms with Crippen LogP contribution in [0.4, 0.5) is 0 Å². The highest BCUT2D eigenvalue weighted by Gasteiger charge is 2.17. The molecule has 126 valence electrons. The Kier molecular flexibility index (Phi) is 4.80. The Labute approximate surface area is 147 Å². The van der Waals surface area contributed by atoms with Crippen molar-refractivity contribution < 1.29 is 9.90 Å². The Bertz CT molecular complexity index is 891. The van der Waals surface area contributed by atoms with Crippen LogP contribution in [0.5, 0.6) is 5.75 Å². The number of carbonyl (C=O) groups is 1. The largest absolute Gasteiger partial charge is 0.508 e. The number of aromatic hydroxyl groups is 1. The number of aryl methyl sites for hydroxylation is 1. The predicted octanol–water partition coefficient (Wildman–Crippen LogP) is 4.03. The summed E-state index contributed by atoms with van der Waals surface area (Å²) >= 11 is 0. The second-order valence-corrected chi connectivity index (χ2v) is 5.99. The summed E-state index contributed by atoms with van der Waals surface area (Å²) in [6.45, 7) is 2.18. The number of amides is 1. The smallest absolute Gasteiger partial charge is 0.255 e. The molecule has 4 heteroatoms. The van der Waals surface area contributed by atoms with Crippen LogP contribution in [0.3, 0.4) is 0 Å². The Morgan fingerprint density at radius 2 is 1.68 bits per heavy atom. The first kappa shape index (κ1) is 16.7. The normalized spacial score (nSPS) is 10.5. The minimum Gasteiger partial charge on any atom is -0.508 e. The summed E-state index contributed by atoms with van der Waals surface area (Å²) in [4.78, 5) is 18.9. The highest BCUT2D eigenvalue weighted by atomic mass is 16.3. The van der Waals surface area contributed by atoms with Crippen molar-refractivity contribution in [2.45, 2.75) is 13.5 Å². The van der Waals surface area contributed by atoms with Crippen molar-refractivity contribution in [2.24, 2.45) is 0 Å². The molecule has 3 aromatic rings. The van der Waals surface area contributed by atoms with Gasteiger partial charge >= 0.3 is 0 Å². The molecule has 0 fully saturated rings. The first-order valence-electron chi connectivity index (χ1n) is 8.11. The van der Waals surface area contributed by atoms with Crippen molar-refractivity contribution in [1.82, 2.24) is 9.88 Å². The molecular formula is C21H20N2O2. The van der Waals surface area contributed by atoms with E-state index in [4.69, 9.17) is 0 Å². The molecular weight excluding hydrogens is 312 g/mol. The molecule has 1 heterocycles. The fourth-order valence-electron chi connectivity index (χ4n) is 2.73. The van der Waals surface area contributed by atoms with Crippen molar-refractivity contribution in [2.75, 3.05) is 7.05 Å². The number of hydrogen-bond donors (Lipinski definition) is 1. The van der Waals surface area contributed by atoms with Crippen molar-refractivity contribution >= 4 is 5.91 Å². The standard InChI is InChI=1S/C21H20N2O2/c1-15-18(12-13-19(22-15)16-8-4-3-5-9-16)21(25)23(2)14-17-10-6-7-11-20(17)24/h3-13,24H,14H2,1-2H3. The van der Waals surface area contributed by atoms with E-state index in [0.717, 1.165) is 11.3 Å². The number of carbonyl (C=O) groups excluding carboxylic acids is 1. The average molecular weight is 332 g/mol. The maximum atomic E-state index is 12.7. The molecule has 0 saturated carbocycles. The zero-order valence-electron chi connectivity index (χ0n) is 14.3. The molecule has 1 amide bonds. The minimum absolute atomic E-state index is 0.118. The molecule has 2 aromatic carbocycles. The van der Waals surface area contributed by atoms with E-state index in [2.05, 4.69) is 4.98 Å². The zero-order valence-corrected chi connectivity index (χ0v) is 14.3. The maximum absolute atomic E-state index is 12.7. The number of pyridine rings is 1. The van der Waals surface area contributed by atoms with E-state index >= 15 is 0 Å². The molecule has 1 aromatic heterocycles. The minimum atomic E-state index is -0.118. The van der Waals surface area contributed by atoms with Gasteiger partial charge in [-0.3, -0.25) is 9.78 Å². The SMILES string of the molecule is Cc1nc(-c2ccccc2)ccc1C(=O)N(C)Cc1ccccc1O. The average Bonchev–Trinajstić information content (AvgIpc) is 2.63. The summed E-state index contributed by atoms with van der Waals surface area (Å²) in [6.07, 6.45) is 0. The summed E-state index contributed by atoms with van der Waals surface area (Å²) in [7, 11) is 1.72. The van der Waals surface area contributed by atoms with Crippen molar-refractivity contribution in [3.8, 4) is 17.0 Å². The van der Waals surface area contributed by atoms with Crippen LogP contribution in [0.15, 0.2) is 66.7 Å². The van der Waals surface area contributed by atoms with Gasteiger partial charge in [0.15, 0.2) is 0 Å². The van der Waals surface area contributed by atoms with Gasteiger partial charge in [0.25, 0.3) is 5.91 Å². The molecule has 0 bridgehead atoms. The van der Waals surface area contributed by atoms with E-state index < -0.39 is 0 Å². The molecule has 1 N–H and O–H groups in total. The van der Waals surface area contributed by atoms with Gasteiger partial charge in [0.1, 0.15) is 5.75 Å². The quantitative estimate of drug-likeness (QED) is 0.784. The number of rotatable bonds is 4. The van der Waals surface area contributed by atoms with Gasteiger partial charge in [0, 0.05) is 24.7 Å². The van der Waals surface area contributed by atoms with Gasteiger partial charge in [0.2, 0.25) is 0 Å². The number of phenols is 1. The molecule has 0 aliphatic carbocycles. The van der Waals surface area contributed by atoms with E-state index in [1.54, 1.807) is 24.1 Å². The molecule has 0 spiro atoms. The number of benzene rings is 2. The molecule has 0 saturated heterocycles. The van der Waals surface area contributed by atoms with Crippen molar-refractivity contribution in [1.29, 1.82) is 0 Å². The van der Waals surface area contributed by atoms with E-state index in [1.165, 1.54) is 0 Å². The Balaban J connectivity index is 1.81. The van der Waals surface area contributed by atoms with Gasteiger partial charge in [-0.05, 0) is 25.1 Å². The number of para-hydroxylation sites is 1. The Morgan fingerprint density at radius 3 is 2.36 bits per heavy atom. The van der Waals surface area contributed by atoms with Gasteiger partial charge in [-0.15, -0.1) is 0 Å². The van der Waals surface area contributed by atoms with Crippen LogP contribution in [0.1, 0.15) is 21.6 Å². The van der Waals surface area contributed by atoms with Crippen LogP contribution < -0.4 is 0 Å². The molecule has 0 aliphatic rings. The third-order valence-corrected chi connectivity index (χ3v) is 4.13. The second kappa shape index (κ2) is 7.18. The van der Waals surface area contributed by atoms with Crippen LogP contribution in [0, 0.1) is 6.92 Å². The molecule has 0 aliphatic heterocycles. The lowest BCUT2D eigenvalue weighted by Crippen LogP contribution is -2.27. The van der Waals surface area contributed by atoms with Crippen LogP contribution in [-0.2, 0) is 6.54 Å². The number of nitrogens with zero attached hydrogens (tertiary/aromatic N) is 2. The van der Waals surface area contributed by atoms with Gasteiger partial charge in [-0.2, -0.15) is 0 Å². The molecule has 0 atom stereocenters. The van der Waals surface area contributed by atoms with Crippen molar-refractivity contribution in [3.63, 3.8) is 0 Å². The fourth-order valence-corrected chi connectivity index (χ4v) is 2.73. The predicted molar refractivity (Wildman–Crippen MR) is 98.3 cm³/mol. The number of hydrogen-bond acceptors (Lipinski definition) is 3. The Morgan fingerprint density at radius 1 is 1.00 bits per heavy atom. The monoisotopic (exact) mass is 332 g/mol. The molecule has 3 rings (SSSR count). The van der Waals surface area contributed by atoms with Gasteiger partial charge in [-0.25, -0.2) is 0 Å². The first-order chi connectivity index (χ1) is 12.1. The van der Waals surface area contributed by atoms with Gasteiger partial charge in [0.05, 0.1) is 17.0 Å². The fraction of sp³-hybridized carbons (Fsp3) is 0.143. The molecule has 4 nitrogen and oxygen atoms in total. The van der Waals surface area contributed by atoms with Crippen LogP contribution in [0.2, 0.25) is 0 Å². The van der Waals surface area contributed by atoms with Crippen LogP contribution in [0.25, 0.3) is 11.3 Å². The molecule has 0 radical (unpaired) electrons. The number of aromatic nitrogens is 1. The summed E-state index contributed by atoms with van der Waals surface area (Å²) in [5.41, 5.74) is 3.84. The van der Waals surface area contributed by atoms with Crippen molar-refractivity contribution in [3.05, 3.63) is 83.6 Å². The van der Waals surface area contributed by atoms with Gasteiger partial charge in [-0.1, -0.05) is 48.5 Å². The van der Waals surface area contributed by atoms with Crippen LogP contribution in [-0.4, -0.2) is 27.9 Å². The topological polar surface area (TPSA) is 53.4 Å². The zero-order chi connectivity index (χ0) is 17.8. The second-order valence-electron chi connectivity index (χ2n) is 5.99. The third-order valence-electron chi connectivity index (χ3n) is 4.13. The molecule has 0 unspecified atom stereocenters. The summed E-state index contributed by atoms with van der Waals surface area (Å²) in [6, 6.07) is 20.6. The van der Waals surface area contributed by atoms with E-state index in [0.29, 0.717) is 23.4 Å². The summed E-state index contributed by atoms with van der Waals surface area (Å²) in [5.74, 6) is 0.0734. The lowest BCUT2D eigenvalue weighted by molar-refractivity contribution is 0.0783. The van der Waals surface area contributed by atoms with E-state index in [-0.39, 0.29) is 11.7 Å². The highest BCUT2D eigenvalue weighted by molar-refractivity contribution is 5.95. The lowest BCUT2D eigenvalue weighted by atomic mass is 10.1.